The first-order chi connectivity index (χ1) is 14.5. The molecule has 2 aliphatic rings. The van der Waals surface area contributed by atoms with Gasteiger partial charge in [0.15, 0.2) is 11.5 Å². The zero-order valence-electron chi connectivity index (χ0n) is 18.1. The topological polar surface area (TPSA) is 88.1 Å². The summed E-state index contributed by atoms with van der Waals surface area (Å²) in [6.07, 6.45) is 7.73. The monoisotopic (exact) mass is 418 g/mol. The predicted molar refractivity (Wildman–Crippen MR) is 113 cm³/mol. The molecule has 1 saturated heterocycles. The van der Waals surface area contributed by atoms with Crippen molar-refractivity contribution in [2.24, 2.45) is 11.8 Å². The lowest BCUT2D eigenvalue weighted by Gasteiger charge is -2.38. The number of phenols is 1. The van der Waals surface area contributed by atoms with Gasteiger partial charge < -0.3 is 24.8 Å². The van der Waals surface area contributed by atoms with Gasteiger partial charge in [-0.05, 0) is 49.3 Å². The Morgan fingerprint density at radius 3 is 2.60 bits per heavy atom. The minimum atomic E-state index is -0.292. The fraction of sp³-hybridized carbons (Fsp3) is 0.652. The molecule has 0 spiro atoms. The summed E-state index contributed by atoms with van der Waals surface area (Å²) in [5.74, 6) is 0.934. The van der Waals surface area contributed by atoms with Gasteiger partial charge in [-0.15, -0.1) is 0 Å². The molecule has 1 aromatic rings. The van der Waals surface area contributed by atoms with Crippen LogP contribution in [0.25, 0.3) is 0 Å². The molecule has 2 amide bonds. The number of nitrogens with zero attached hydrogens (tertiary/aromatic N) is 1. The van der Waals surface area contributed by atoms with E-state index in [-0.39, 0.29) is 29.8 Å². The molecular weight excluding hydrogens is 384 g/mol. The van der Waals surface area contributed by atoms with Gasteiger partial charge in [0.2, 0.25) is 5.91 Å². The number of likely N-dealkylation sites (tertiary alicyclic amines) is 1. The summed E-state index contributed by atoms with van der Waals surface area (Å²) in [7, 11) is 1.48. The third kappa shape index (κ3) is 5.80. The molecule has 0 radical (unpaired) electrons. The molecule has 3 rings (SSSR count). The number of carbonyl (C=O) groups excluding carboxylic acids is 2. The summed E-state index contributed by atoms with van der Waals surface area (Å²) < 4.78 is 10.7. The van der Waals surface area contributed by atoms with Crippen LogP contribution in [0.1, 0.15) is 57.4 Å². The van der Waals surface area contributed by atoms with Gasteiger partial charge in [-0.3, -0.25) is 4.79 Å². The zero-order valence-corrected chi connectivity index (χ0v) is 18.1. The molecule has 1 heterocycles. The Kier molecular flexibility index (Phi) is 7.82. The SMILES string of the molecule is CCCC[C@H]1CC[C@H](OC(=O)N2CC(C(=O)NCc3ccc(O)c(OC)c3)C2)CC1. The number of nitrogens with one attached hydrogen (secondary N) is 1. The van der Waals surface area contributed by atoms with Gasteiger partial charge in [0.05, 0.1) is 13.0 Å². The molecule has 2 N–H and O–H groups in total. The standard InChI is InChI=1S/C23H34N2O5/c1-3-4-5-16-6-9-19(10-7-16)30-23(28)25-14-18(15-25)22(27)24-13-17-8-11-20(26)21(12-17)29-2/h8,11-12,16,18-19,26H,3-7,9-10,13-15H2,1-2H3,(H,24,27)/t16-,19-. The number of amides is 2. The summed E-state index contributed by atoms with van der Waals surface area (Å²) in [4.78, 5) is 26.3. The summed E-state index contributed by atoms with van der Waals surface area (Å²) >= 11 is 0. The van der Waals surface area contributed by atoms with E-state index in [9.17, 15) is 14.7 Å². The van der Waals surface area contributed by atoms with Crippen LogP contribution in [0, 0.1) is 11.8 Å². The van der Waals surface area contributed by atoms with Crippen molar-refractivity contribution in [3.8, 4) is 11.5 Å². The Balaban J connectivity index is 1.34. The van der Waals surface area contributed by atoms with Gasteiger partial charge in [0, 0.05) is 19.6 Å². The predicted octanol–water partition coefficient (Wildman–Crippen LogP) is 3.83. The van der Waals surface area contributed by atoms with Crippen molar-refractivity contribution in [2.75, 3.05) is 20.2 Å². The highest BCUT2D eigenvalue weighted by Gasteiger charge is 2.37. The lowest BCUT2D eigenvalue weighted by atomic mass is 9.84. The van der Waals surface area contributed by atoms with Crippen molar-refractivity contribution < 1.29 is 24.2 Å². The molecule has 1 aliphatic carbocycles. The second kappa shape index (κ2) is 10.5. The lowest BCUT2D eigenvalue weighted by molar-refractivity contribution is -0.129. The second-order valence-corrected chi connectivity index (χ2v) is 8.49. The van der Waals surface area contributed by atoms with Crippen molar-refractivity contribution in [2.45, 2.75) is 64.5 Å². The Hall–Kier alpha value is -2.44. The van der Waals surface area contributed by atoms with Crippen molar-refractivity contribution >= 4 is 12.0 Å². The Morgan fingerprint density at radius 2 is 1.93 bits per heavy atom. The Bertz CT molecular complexity index is 724. The number of ether oxygens (including phenoxy) is 2. The van der Waals surface area contributed by atoms with E-state index in [1.54, 1.807) is 23.1 Å². The van der Waals surface area contributed by atoms with Crippen LogP contribution in [0.3, 0.4) is 0 Å². The number of carbonyl (C=O) groups is 2. The largest absolute Gasteiger partial charge is 0.504 e. The average molecular weight is 419 g/mol. The van der Waals surface area contributed by atoms with Crippen LogP contribution in [0.5, 0.6) is 11.5 Å². The number of unbranched alkanes of at least 4 members (excludes halogenated alkanes) is 1. The maximum Gasteiger partial charge on any atom is 0.410 e. The highest BCUT2D eigenvalue weighted by molar-refractivity contribution is 5.82. The number of rotatable bonds is 8. The van der Waals surface area contributed by atoms with E-state index < -0.39 is 0 Å². The van der Waals surface area contributed by atoms with Crippen LogP contribution in [-0.2, 0) is 16.1 Å². The lowest BCUT2D eigenvalue weighted by Crippen LogP contribution is -2.56. The molecule has 30 heavy (non-hydrogen) atoms. The molecule has 1 aromatic carbocycles. The summed E-state index contributed by atoms with van der Waals surface area (Å²) in [5.41, 5.74) is 0.836. The highest BCUT2D eigenvalue weighted by atomic mass is 16.6. The minimum Gasteiger partial charge on any atom is -0.504 e. The third-order valence-corrected chi connectivity index (χ3v) is 6.25. The first-order valence-electron chi connectivity index (χ1n) is 11.1. The van der Waals surface area contributed by atoms with Crippen LogP contribution in [-0.4, -0.2) is 48.3 Å². The first-order valence-corrected chi connectivity index (χ1v) is 11.1. The molecule has 0 aromatic heterocycles. The molecule has 166 valence electrons. The maximum atomic E-state index is 12.3. The quantitative estimate of drug-likeness (QED) is 0.670. The third-order valence-electron chi connectivity index (χ3n) is 6.25. The minimum absolute atomic E-state index is 0.0210. The zero-order chi connectivity index (χ0) is 21.5. The molecule has 2 fully saturated rings. The van der Waals surface area contributed by atoms with E-state index in [0.717, 1.165) is 37.2 Å². The number of benzene rings is 1. The van der Waals surface area contributed by atoms with Crippen LogP contribution < -0.4 is 10.1 Å². The van der Waals surface area contributed by atoms with Gasteiger partial charge in [-0.25, -0.2) is 4.79 Å². The van der Waals surface area contributed by atoms with E-state index in [4.69, 9.17) is 9.47 Å². The fourth-order valence-electron chi connectivity index (χ4n) is 4.21. The second-order valence-electron chi connectivity index (χ2n) is 8.49. The maximum absolute atomic E-state index is 12.3. The van der Waals surface area contributed by atoms with Crippen LogP contribution in [0.15, 0.2) is 18.2 Å². The van der Waals surface area contributed by atoms with Crippen LogP contribution in [0.4, 0.5) is 4.79 Å². The number of phenolic OH excluding ortho intramolecular Hbond substituents is 1. The Labute approximate surface area is 178 Å². The molecule has 1 aliphatic heterocycles. The fourth-order valence-corrected chi connectivity index (χ4v) is 4.21. The van der Waals surface area contributed by atoms with E-state index in [1.807, 2.05) is 0 Å². The molecule has 1 saturated carbocycles. The number of aromatic hydroxyl groups is 1. The molecule has 0 bridgehead atoms. The van der Waals surface area contributed by atoms with Crippen LogP contribution in [0.2, 0.25) is 0 Å². The van der Waals surface area contributed by atoms with Crippen molar-refractivity contribution in [1.82, 2.24) is 10.2 Å². The van der Waals surface area contributed by atoms with Gasteiger partial charge in [-0.2, -0.15) is 0 Å². The normalized spacial score (nSPS) is 21.6. The number of hydrogen-bond acceptors (Lipinski definition) is 5. The molecule has 0 atom stereocenters. The summed E-state index contributed by atoms with van der Waals surface area (Å²) in [5, 5.41) is 12.5. The van der Waals surface area contributed by atoms with E-state index >= 15 is 0 Å². The van der Waals surface area contributed by atoms with E-state index in [2.05, 4.69) is 12.2 Å². The average Bonchev–Trinajstić information content (AvgIpc) is 2.71. The Morgan fingerprint density at radius 1 is 1.20 bits per heavy atom. The summed E-state index contributed by atoms with van der Waals surface area (Å²) in [6.45, 7) is 3.36. The van der Waals surface area contributed by atoms with E-state index in [1.165, 1.54) is 26.4 Å². The molecular formula is C23H34N2O5. The smallest absolute Gasteiger partial charge is 0.410 e. The highest BCUT2D eigenvalue weighted by Crippen LogP contribution is 2.31. The number of hydrogen-bond donors (Lipinski definition) is 2. The molecule has 7 nitrogen and oxygen atoms in total. The first kappa shape index (κ1) is 22.2. The van der Waals surface area contributed by atoms with E-state index in [0.29, 0.717) is 25.4 Å². The summed E-state index contributed by atoms with van der Waals surface area (Å²) in [6, 6.07) is 4.97. The van der Waals surface area contributed by atoms with Gasteiger partial charge in [0.25, 0.3) is 0 Å². The van der Waals surface area contributed by atoms with Gasteiger partial charge in [0.1, 0.15) is 6.10 Å². The molecule has 0 unspecified atom stereocenters. The van der Waals surface area contributed by atoms with Crippen molar-refractivity contribution in [3.05, 3.63) is 23.8 Å². The number of methoxy groups -OCH3 is 1. The van der Waals surface area contributed by atoms with Gasteiger partial charge in [-0.1, -0.05) is 32.3 Å². The molecule has 7 heteroatoms. The van der Waals surface area contributed by atoms with Crippen molar-refractivity contribution in [1.29, 1.82) is 0 Å². The van der Waals surface area contributed by atoms with Crippen molar-refractivity contribution in [3.63, 3.8) is 0 Å². The van der Waals surface area contributed by atoms with Crippen LogP contribution >= 0.6 is 0 Å². The van der Waals surface area contributed by atoms with Gasteiger partial charge >= 0.3 is 6.09 Å².